The normalized spacial score (nSPS) is 10.3. The molecule has 0 fully saturated rings. The van der Waals surface area contributed by atoms with E-state index >= 15 is 0 Å². The van der Waals surface area contributed by atoms with Gasteiger partial charge in [0.1, 0.15) is 0 Å². The summed E-state index contributed by atoms with van der Waals surface area (Å²) in [5.41, 5.74) is 0.836. The molecule has 2 heterocycles. The summed E-state index contributed by atoms with van der Waals surface area (Å²) in [5, 5.41) is 11.5. The molecule has 0 saturated heterocycles. The summed E-state index contributed by atoms with van der Waals surface area (Å²) in [6, 6.07) is 1.81. The van der Waals surface area contributed by atoms with Crippen molar-refractivity contribution < 1.29 is 14.7 Å². The molecule has 20 heavy (non-hydrogen) atoms. The number of carboxylic acid groups (broad SMARTS) is 1. The molecule has 0 radical (unpaired) electrons. The lowest BCUT2D eigenvalue weighted by Crippen LogP contribution is -2.16. The average Bonchev–Trinajstić information content (AvgIpc) is 2.80. The number of hydrogen-bond acceptors (Lipinski definition) is 5. The Bertz CT molecular complexity index is 667. The number of nitrogens with zero attached hydrogens (tertiary/aromatic N) is 2. The molecular weight excluding hydrogens is 278 g/mol. The quantitative estimate of drug-likeness (QED) is 0.902. The third-order valence-corrected chi connectivity index (χ3v) is 3.85. The van der Waals surface area contributed by atoms with E-state index in [-0.39, 0.29) is 17.4 Å². The number of amides is 1. The molecule has 0 aliphatic rings. The fraction of sp³-hybridized carbons (Fsp3) is 0.231. The molecule has 0 aromatic carbocycles. The zero-order chi connectivity index (χ0) is 14.7. The first-order valence-electron chi connectivity index (χ1n) is 5.98. The molecule has 0 spiro atoms. The largest absolute Gasteiger partial charge is 0.476 e. The van der Waals surface area contributed by atoms with Gasteiger partial charge in [0.25, 0.3) is 5.91 Å². The maximum Gasteiger partial charge on any atom is 0.358 e. The topological polar surface area (TPSA) is 92.2 Å². The summed E-state index contributed by atoms with van der Waals surface area (Å²) in [7, 11) is 0. The number of rotatable bonds is 4. The lowest BCUT2D eigenvalue weighted by atomic mass is 10.2. The standard InChI is InChI=1S/C13H13N3O3S/c1-3-8-6-9(20-7(8)2)12(17)16-11-10(13(18)19)14-4-5-15-11/h4-6H,3H2,1-2H3,(H,18,19)(H,15,16,17). The Labute approximate surface area is 119 Å². The summed E-state index contributed by atoms with van der Waals surface area (Å²) in [5.74, 6) is -1.65. The Morgan fingerprint density at radius 2 is 2.05 bits per heavy atom. The maximum absolute atomic E-state index is 12.1. The second kappa shape index (κ2) is 5.79. The molecule has 0 unspecified atom stereocenters. The van der Waals surface area contributed by atoms with E-state index < -0.39 is 5.97 Å². The van der Waals surface area contributed by atoms with E-state index in [2.05, 4.69) is 15.3 Å². The lowest BCUT2D eigenvalue weighted by Gasteiger charge is -2.04. The zero-order valence-electron chi connectivity index (χ0n) is 11.0. The molecule has 2 N–H and O–H groups in total. The molecule has 0 saturated carbocycles. The molecule has 1 amide bonds. The van der Waals surface area contributed by atoms with E-state index in [0.29, 0.717) is 4.88 Å². The number of carbonyl (C=O) groups excluding carboxylic acids is 1. The van der Waals surface area contributed by atoms with Gasteiger partial charge in [-0.3, -0.25) is 4.79 Å². The fourth-order valence-corrected chi connectivity index (χ4v) is 2.75. The van der Waals surface area contributed by atoms with Gasteiger partial charge in [0.05, 0.1) is 4.88 Å². The minimum Gasteiger partial charge on any atom is -0.476 e. The average molecular weight is 291 g/mol. The molecule has 2 rings (SSSR count). The highest BCUT2D eigenvalue weighted by molar-refractivity contribution is 7.14. The van der Waals surface area contributed by atoms with Crippen LogP contribution >= 0.6 is 11.3 Å². The van der Waals surface area contributed by atoms with Crippen molar-refractivity contribution in [3.63, 3.8) is 0 Å². The highest BCUT2D eigenvalue weighted by Crippen LogP contribution is 2.23. The van der Waals surface area contributed by atoms with Gasteiger partial charge in [-0.15, -0.1) is 11.3 Å². The number of anilines is 1. The monoisotopic (exact) mass is 291 g/mol. The fourth-order valence-electron chi connectivity index (χ4n) is 1.74. The Morgan fingerprint density at radius 3 is 2.65 bits per heavy atom. The van der Waals surface area contributed by atoms with Gasteiger partial charge in [-0.2, -0.15) is 0 Å². The van der Waals surface area contributed by atoms with Crippen LogP contribution < -0.4 is 5.32 Å². The van der Waals surface area contributed by atoms with Gasteiger partial charge in [0, 0.05) is 17.3 Å². The van der Waals surface area contributed by atoms with Crippen molar-refractivity contribution in [2.24, 2.45) is 0 Å². The van der Waals surface area contributed by atoms with Gasteiger partial charge < -0.3 is 10.4 Å². The van der Waals surface area contributed by atoms with Gasteiger partial charge in [-0.05, 0) is 25.0 Å². The van der Waals surface area contributed by atoms with Gasteiger partial charge in [0.15, 0.2) is 11.5 Å². The predicted molar refractivity (Wildman–Crippen MR) is 75.4 cm³/mol. The SMILES string of the molecule is CCc1cc(C(=O)Nc2nccnc2C(=O)O)sc1C. The molecule has 7 heteroatoms. The van der Waals surface area contributed by atoms with Crippen LogP contribution in [0.15, 0.2) is 18.5 Å². The first kappa shape index (κ1) is 14.1. The van der Waals surface area contributed by atoms with Crippen molar-refractivity contribution in [1.82, 2.24) is 9.97 Å². The molecule has 104 valence electrons. The van der Waals surface area contributed by atoms with Crippen LogP contribution in [-0.4, -0.2) is 27.0 Å². The minimum atomic E-state index is -1.23. The third kappa shape index (κ3) is 2.83. The number of carbonyl (C=O) groups is 2. The van der Waals surface area contributed by atoms with E-state index in [0.717, 1.165) is 16.9 Å². The van der Waals surface area contributed by atoms with Gasteiger partial charge in [0.2, 0.25) is 0 Å². The number of aromatic nitrogens is 2. The Kier molecular flexibility index (Phi) is 4.09. The molecule has 0 atom stereocenters. The summed E-state index contributed by atoms with van der Waals surface area (Å²) in [6.07, 6.45) is 3.45. The van der Waals surface area contributed by atoms with Crippen molar-refractivity contribution in [2.45, 2.75) is 20.3 Å². The summed E-state index contributed by atoms with van der Waals surface area (Å²) in [6.45, 7) is 3.97. The first-order valence-corrected chi connectivity index (χ1v) is 6.79. The van der Waals surface area contributed by atoms with Crippen LogP contribution in [0.5, 0.6) is 0 Å². The maximum atomic E-state index is 12.1. The van der Waals surface area contributed by atoms with Crippen LogP contribution in [-0.2, 0) is 6.42 Å². The van der Waals surface area contributed by atoms with Crippen molar-refractivity contribution in [3.05, 3.63) is 39.5 Å². The molecule has 6 nitrogen and oxygen atoms in total. The highest BCUT2D eigenvalue weighted by Gasteiger charge is 2.17. The van der Waals surface area contributed by atoms with Crippen LogP contribution in [0, 0.1) is 6.92 Å². The summed E-state index contributed by atoms with van der Waals surface area (Å²) in [4.78, 5) is 32.2. The second-order valence-corrected chi connectivity index (χ2v) is 5.31. The first-order chi connectivity index (χ1) is 9.52. The number of aryl methyl sites for hydroxylation is 2. The van der Waals surface area contributed by atoms with E-state index in [1.807, 2.05) is 19.9 Å². The molecule has 2 aromatic heterocycles. The molecule has 0 aliphatic carbocycles. The van der Waals surface area contributed by atoms with Crippen molar-refractivity contribution in [2.75, 3.05) is 5.32 Å². The smallest absolute Gasteiger partial charge is 0.358 e. The van der Waals surface area contributed by atoms with Crippen molar-refractivity contribution in [1.29, 1.82) is 0 Å². The number of nitrogens with one attached hydrogen (secondary N) is 1. The minimum absolute atomic E-state index is 0.0471. The van der Waals surface area contributed by atoms with E-state index in [1.54, 1.807) is 0 Å². The second-order valence-electron chi connectivity index (χ2n) is 4.06. The predicted octanol–water partition coefficient (Wildman–Crippen LogP) is 2.36. The van der Waals surface area contributed by atoms with Crippen LogP contribution in [0.25, 0.3) is 0 Å². The molecule has 2 aromatic rings. The van der Waals surface area contributed by atoms with Gasteiger partial charge in [-0.25, -0.2) is 14.8 Å². The van der Waals surface area contributed by atoms with Crippen molar-refractivity contribution in [3.8, 4) is 0 Å². The van der Waals surface area contributed by atoms with Crippen LogP contribution in [0.3, 0.4) is 0 Å². The highest BCUT2D eigenvalue weighted by atomic mass is 32.1. The summed E-state index contributed by atoms with van der Waals surface area (Å²) >= 11 is 1.37. The zero-order valence-corrected chi connectivity index (χ0v) is 11.8. The van der Waals surface area contributed by atoms with Gasteiger partial charge >= 0.3 is 5.97 Å². The van der Waals surface area contributed by atoms with E-state index in [9.17, 15) is 9.59 Å². The molecule has 0 bridgehead atoms. The van der Waals surface area contributed by atoms with Crippen molar-refractivity contribution >= 4 is 29.0 Å². The number of hydrogen-bond donors (Lipinski definition) is 2. The lowest BCUT2D eigenvalue weighted by molar-refractivity contribution is 0.0691. The Hall–Kier alpha value is -2.28. The number of thiophene rings is 1. The molecular formula is C13H13N3O3S. The van der Waals surface area contributed by atoms with Gasteiger partial charge in [-0.1, -0.05) is 6.92 Å². The van der Waals surface area contributed by atoms with Crippen LogP contribution in [0.1, 0.15) is 37.5 Å². The Morgan fingerprint density at radius 1 is 1.35 bits per heavy atom. The number of carboxylic acids is 1. The molecule has 0 aliphatic heterocycles. The Balaban J connectivity index is 2.25. The van der Waals surface area contributed by atoms with E-state index in [4.69, 9.17) is 5.11 Å². The van der Waals surface area contributed by atoms with E-state index in [1.165, 1.54) is 23.7 Å². The van der Waals surface area contributed by atoms with Crippen LogP contribution in [0.2, 0.25) is 0 Å². The summed E-state index contributed by atoms with van der Waals surface area (Å²) < 4.78 is 0. The van der Waals surface area contributed by atoms with Crippen LogP contribution in [0.4, 0.5) is 5.82 Å². The number of aromatic carboxylic acids is 1. The third-order valence-electron chi connectivity index (χ3n) is 2.76.